The van der Waals surface area contributed by atoms with Gasteiger partial charge in [0.15, 0.2) is 0 Å². The molecule has 0 aromatic heterocycles. The molecule has 0 radical (unpaired) electrons. The number of fused-ring (bicyclic) bond motifs is 2. The summed E-state index contributed by atoms with van der Waals surface area (Å²) in [6.45, 7) is 0.733. The van der Waals surface area contributed by atoms with Crippen LogP contribution in [-0.4, -0.2) is 47.3 Å². The van der Waals surface area contributed by atoms with Crippen molar-refractivity contribution < 1.29 is 29.3 Å². The van der Waals surface area contributed by atoms with Crippen LogP contribution in [0.4, 0.5) is 11.4 Å². The molecule has 2 aromatic carbocycles. The third-order valence-corrected chi connectivity index (χ3v) is 7.45. The molecule has 2 aliphatic heterocycles. The number of aliphatic carboxylic acids is 1. The fourth-order valence-electron chi connectivity index (χ4n) is 5.47. The zero-order valence-corrected chi connectivity index (χ0v) is 19.7. The molecule has 3 atom stereocenters. The number of hydrogen-bond donors (Lipinski definition) is 3. The molecule has 1 spiro atoms. The second-order valence-corrected chi connectivity index (χ2v) is 9.77. The number of carboxylic acid groups (broad SMARTS) is 1. The van der Waals surface area contributed by atoms with Crippen molar-refractivity contribution in [2.24, 2.45) is 5.92 Å². The Bertz CT molecular complexity index is 1280. The zero-order chi connectivity index (χ0) is 25.4. The van der Waals surface area contributed by atoms with Crippen LogP contribution in [-0.2, 0) is 26.2 Å². The highest BCUT2D eigenvalue weighted by molar-refractivity contribution is 5.98. The average molecular weight is 490 g/mol. The number of aliphatic hydroxyl groups excluding tert-OH is 1. The number of hydrogen-bond acceptors (Lipinski definition) is 6. The van der Waals surface area contributed by atoms with Crippen LogP contribution in [0.2, 0.25) is 0 Å². The summed E-state index contributed by atoms with van der Waals surface area (Å²) in [5.41, 5.74) is 2.92. The van der Waals surface area contributed by atoms with E-state index in [1.165, 1.54) is 0 Å². The summed E-state index contributed by atoms with van der Waals surface area (Å²) in [4.78, 5) is 38.2. The Morgan fingerprint density at radius 3 is 2.81 bits per heavy atom. The summed E-state index contributed by atoms with van der Waals surface area (Å²) < 4.78 is 5.86. The van der Waals surface area contributed by atoms with Crippen molar-refractivity contribution in [1.29, 1.82) is 5.26 Å². The lowest BCUT2D eigenvalue weighted by Crippen LogP contribution is -2.29. The first-order valence-corrected chi connectivity index (χ1v) is 12.1. The number of carbonyl (C=O) groups is 3. The van der Waals surface area contributed by atoms with E-state index in [0.29, 0.717) is 55.0 Å². The van der Waals surface area contributed by atoms with Gasteiger partial charge in [-0.25, -0.2) is 0 Å². The van der Waals surface area contributed by atoms with E-state index >= 15 is 0 Å². The summed E-state index contributed by atoms with van der Waals surface area (Å²) in [5, 5.41) is 31.2. The molecule has 3 N–H and O–H groups in total. The number of nitrogens with zero attached hydrogens (tertiary/aromatic N) is 2. The standard InChI is InChI=1S/C27H27N3O6/c28-14-16-4-5-17(2-1-3-25(33)34)22(10-16)29-26(35)21-13-27(21)8-9-36-23-7-6-18(11-20(23)27)30-15-19(31)12-24(30)32/h4-7,10-11,19,21,31H,1-3,8-9,12-13,15H2,(H,29,35)(H,33,34)/t19-,21+,27+/m1/s1. The fraction of sp³-hybridized carbons (Fsp3) is 0.407. The monoisotopic (exact) mass is 489 g/mol. The topological polar surface area (TPSA) is 140 Å². The molecule has 5 rings (SSSR count). The van der Waals surface area contributed by atoms with Crippen molar-refractivity contribution in [3.05, 3.63) is 53.1 Å². The lowest BCUT2D eigenvalue weighted by molar-refractivity contribution is -0.137. The zero-order valence-electron chi connectivity index (χ0n) is 19.7. The first-order chi connectivity index (χ1) is 17.3. The Morgan fingerprint density at radius 2 is 2.08 bits per heavy atom. The maximum atomic E-state index is 13.4. The van der Waals surface area contributed by atoms with Crippen molar-refractivity contribution in [1.82, 2.24) is 0 Å². The highest BCUT2D eigenvalue weighted by atomic mass is 16.5. The molecule has 0 bridgehead atoms. The lowest BCUT2D eigenvalue weighted by atomic mass is 9.86. The van der Waals surface area contributed by atoms with Crippen molar-refractivity contribution in [3.63, 3.8) is 0 Å². The third-order valence-electron chi connectivity index (χ3n) is 7.45. The number of benzene rings is 2. The van der Waals surface area contributed by atoms with Crippen LogP contribution in [0.5, 0.6) is 5.75 Å². The highest BCUT2D eigenvalue weighted by Gasteiger charge is 2.61. The number of carbonyl (C=O) groups excluding carboxylic acids is 2. The van der Waals surface area contributed by atoms with Gasteiger partial charge in [-0.2, -0.15) is 5.26 Å². The van der Waals surface area contributed by atoms with Crippen molar-refractivity contribution in [2.75, 3.05) is 23.4 Å². The van der Waals surface area contributed by atoms with Crippen LogP contribution in [0.1, 0.15) is 48.8 Å². The van der Waals surface area contributed by atoms with Crippen LogP contribution in [0, 0.1) is 17.2 Å². The molecule has 9 heteroatoms. The van der Waals surface area contributed by atoms with Crippen LogP contribution < -0.4 is 15.0 Å². The predicted molar refractivity (Wildman–Crippen MR) is 130 cm³/mol. The van der Waals surface area contributed by atoms with Crippen molar-refractivity contribution in [2.45, 2.75) is 50.0 Å². The first kappa shape index (κ1) is 23.8. The third kappa shape index (κ3) is 4.40. The van der Waals surface area contributed by atoms with Crippen molar-refractivity contribution >= 4 is 29.2 Å². The predicted octanol–water partition coefficient (Wildman–Crippen LogP) is 2.74. The smallest absolute Gasteiger partial charge is 0.303 e. The maximum Gasteiger partial charge on any atom is 0.303 e. The van der Waals surface area contributed by atoms with Gasteiger partial charge in [-0.15, -0.1) is 0 Å². The van der Waals surface area contributed by atoms with E-state index in [4.69, 9.17) is 9.84 Å². The number of nitriles is 1. The van der Waals surface area contributed by atoms with Crippen LogP contribution in [0.3, 0.4) is 0 Å². The summed E-state index contributed by atoms with van der Waals surface area (Å²) in [5.74, 6) is -0.764. The van der Waals surface area contributed by atoms with E-state index < -0.39 is 17.5 Å². The number of β-amino-alcohol motifs (C(OH)–C–C–N with tert-alkyl or cyclic N) is 1. The maximum absolute atomic E-state index is 13.4. The molecule has 2 amide bonds. The number of anilines is 2. The Labute approximate surface area is 208 Å². The summed E-state index contributed by atoms with van der Waals surface area (Å²) in [6.07, 6.45) is 1.64. The van der Waals surface area contributed by atoms with Crippen molar-refractivity contribution in [3.8, 4) is 11.8 Å². The van der Waals surface area contributed by atoms with Gasteiger partial charge < -0.3 is 25.2 Å². The van der Waals surface area contributed by atoms with Gasteiger partial charge >= 0.3 is 5.97 Å². The molecular weight excluding hydrogens is 462 g/mol. The van der Waals surface area contributed by atoms with E-state index in [-0.39, 0.29) is 37.1 Å². The molecule has 2 fully saturated rings. The summed E-state index contributed by atoms with van der Waals surface area (Å²) in [7, 11) is 0. The van der Waals surface area contributed by atoms with Gasteiger partial charge in [0.25, 0.3) is 0 Å². The number of aryl methyl sites for hydroxylation is 1. The molecule has 1 saturated heterocycles. The number of carboxylic acids is 1. The number of rotatable bonds is 7. The summed E-state index contributed by atoms with van der Waals surface area (Å²) >= 11 is 0. The molecule has 2 aromatic rings. The molecule has 1 aliphatic carbocycles. The Balaban J connectivity index is 1.37. The minimum Gasteiger partial charge on any atom is -0.493 e. The Morgan fingerprint density at radius 1 is 1.25 bits per heavy atom. The second kappa shape index (κ2) is 9.28. The van der Waals surface area contributed by atoms with Crippen LogP contribution in [0.15, 0.2) is 36.4 Å². The molecule has 36 heavy (non-hydrogen) atoms. The van der Waals surface area contributed by atoms with E-state index in [9.17, 15) is 24.8 Å². The average Bonchev–Trinajstić information content (AvgIpc) is 3.47. The normalized spacial score (nSPS) is 24.1. The van der Waals surface area contributed by atoms with Gasteiger partial charge in [-0.1, -0.05) is 6.07 Å². The van der Waals surface area contributed by atoms with Crippen LogP contribution >= 0.6 is 0 Å². The number of aliphatic hydroxyl groups is 1. The second-order valence-electron chi connectivity index (χ2n) is 9.77. The van der Waals surface area contributed by atoms with E-state index in [1.807, 2.05) is 18.2 Å². The van der Waals surface area contributed by atoms with Gasteiger partial charge in [0, 0.05) is 34.7 Å². The highest BCUT2D eigenvalue weighted by Crippen LogP contribution is 2.61. The van der Waals surface area contributed by atoms with Gasteiger partial charge in [0.2, 0.25) is 11.8 Å². The fourth-order valence-corrected chi connectivity index (χ4v) is 5.47. The minimum atomic E-state index is -0.878. The van der Waals surface area contributed by atoms with Gasteiger partial charge in [-0.05, 0) is 61.6 Å². The molecule has 3 aliphatic rings. The quantitative estimate of drug-likeness (QED) is 0.543. The molecule has 186 valence electrons. The van der Waals surface area contributed by atoms with Crippen LogP contribution in [0.25, 0.3) is 0 Å². The molecule has 0 unspecified atom stereocenters. The lowest BCUT2D eigenvalue weighted by Gasteiger charge is -2.29. The minimum absolute atomic E-state index is 0.0226. The van der Waals surface area contributed by atoms with Gasteiger partial charge in [0.1, 0.15) is 5.75 Å². The SMILES string of the molecule is N#Cc1ccc(CCCC(=O)O)c(NC(=O)[C@@H]2C[C@]23CCOc2ccc(N4C[C@H](O)CC4=O)cc23)c1. The number of nitrogens with one attached hydrogen (secondary N) is 1. The van der Waals surface area contributed by atoms with Gasteiger partial charge in [-0.3, -0.25) is 14.4 Å². The van der Waals surface area contributed by atoms with E-state index in [0.717, 1.165) is 11.1 Å². The van der Waals surface area contributed by atoms with Gasteiger partial charge in [0.05, 0.1) is 37.3 Å². The summed E-state index contributed by atoms with van der Waals surface area (Å²) in [6, 6.07) is 12.7. The van der Waals surface area contributed by atoms with E-state index in [1.54, 1.807) is 23.1 Å². The Kier molecular flexibility index (Phi) is 6.14. The number of ether oxygens (including phenoxy) is 1. The molecule has 2 heterocycles. The first-order valence-electron chi connectivity index (χ1n) is 12.1. The molecule has 9 nitrogen and oxygen atoms in total. The Hall–Kier alpha value is -3.90. The largest absolute Gasteiger partial charge is 0.493 e. The van der Waals surface area contributed by atoms with E-state index in [2.05, 4.69) is 11.4 Å². The number of amides is 2. The molecule has 1 saturated carbocycles. The molecular formula is C27H27N3O6.